The van der Waals surface area contributed by atoms with E-state index in [1.807, 2.05) is 18.2 Å². The summed E-state index contributed by atoms with van der Waals surface area (Å²) in [5, 5.41) is 13.8. The number of carbonyl (C=O) groups is 2. The van der Waals surface area contributed by atoms with E-state index in [1.54, 1.807) is 37.3 Å². The Labute approximate surface area is 159 Å². The van der Waals surface area contributed by atoms with Crippen LogP contribution < -0.4 is 5.32 Å². The van der Waals surface area contributed by atoms with Crippen molar-refractivity contribution in [2.75, 3.05) is 0 Å². The highest BCUT2D eigenvalue weighted by molar-refractivity contribution is 7.14. The van der Waals surface area contributed by atoms with Crippen LogP contribution >= 0.6 is 11.3 Å². The van der Waals surface area contributed by atoms with Crippen molar-refractivity contribution in [1.82, 2.24) is 5.32 Å². The lowest BCUT2D eigenvalue weighted by atomic mass is 10.1. The molecule has 1 aromatic heterocycles. The standard InChI is InChI=1S/C20H16N2O4S/c1-13-16(8-5-9-17(13)22(25)26)20(24)21-12-15-10-11-18(27-15)19(23)14-6-3-2-4-7-14/h2-11H,12H2,1H3,(H,21,24). The summed E-state index contributed by atoms with van der Waals surface area (Å²) >= 11 is 1.31. The normalized spacial score (nSPS) is 10.4. The zero-order valence-electron chi connectivity index (χ0n) is 14.5. The van der Waals surface area contributed by atoms with Crippen LogP contribution in [0.2, 0.25) is 0 Å². The molecule has 6 nitrogen and oxygen atoms in total. The van der Waals surface area contributed by atoms with Gasteiger partial charge in [-0.15, -0.1) is 11.3 Å². The third-order valence-electron chi connectivity index (χ3n) is 4.09. The highest BCUT2D eigenvalue weighted by Gasteiger charge is 2.18. The fraction of sp³-hybridized carbons (Fsp3) is 0.100. The SMILES string of the molecule is Cc1c(C(=O)NCc2ccc(C(=O)c3ccccc3)s2)cccc1[N+](=O)[O-]. The molecule has 3 rings (SSSR count). The number of hydrogen-bond donors (Lipinski definition) is 1. The Morgan fingerprint density at radius 3 is 2.48 bits per heavy atom. The van der Waals surface area contributed by atoms with Crippen molar-refractivity contribution in [1.29, 1.82) is 0 Å². The lowest BCUT2D eigenvalue weighted by Crippen LogP contribution is -2.23. The van der Waals surface area contributed by atoms with Gasteiger partial charge in [0.25, 0.3) is 11.6 Å². The molecule has 0 bridgehead atoms. The zero-order chi connectivity index (χ0) is 19.4. The molecule has 0 saturated carbocycles. The summed E-state index contributed by atoms with van der Waals surface area (Å²) in [6.07, 6.45) is 0. The Kier molecular flexibility index (Phi) is 5.42. The van der Waals surface area contributed by atoms with Gasteiger partial charge in [0.1, 0.15) is 0 Å². The fourth-order valence-corrected chi connectivity index (χ4v) is 3.57. The van der Waals surface area contributed by atoms with Crippen molar-refractivity contribution in [3.8, 4) is 0 Å². The average molecular weight is 380 g/mol. The first kappa shape index (κ1) is 18.5. The molecule has 0 aliphatic rings. The molecule has 1 amide bonds. The first-order valence-electron chi connectivity index (χ1n) is 8.18. The summed E-state index contributed by atoms with van der Waals surface area (Å²) in [6, 6.07) is 16.9. The molecule has 1 heterocycles. The number of amides is 1. The van der Waals surface area contributed by atoms with Crippen LogP contribution in [0.5, 0.6) is 0 Å². The second kappa shape index (κ2) is 7.92. The highest BCUT2D eigenvalue weighted by atomic mass is 32.1. The maximum Gasteiger partial charge on any atom is 0.273 e. The number of nitro benzene ring substituents is 1. The van der Waals surface area contributed by atoms with Crippen LogP contribution in [0.25, 0.3) is 0 Å². The van der Waals surface area contributed by atoms with Gasteiger partial charge in [0.15, 0.2) is 0 Å². The molecule has 0 unspecified atom stereocenters. The van der Waals surface area contributed by atoms with E-state index in [-0.39, 0.29) is 29.5 Å². The van der Waals surface area contributed by atoms with Crippen LogP contribution in [0, 0.1) is 17.0 Å². The Bertz CT molecular complexity index is 1010. The molecule has 2 aromatic carbocycles. The molecule has 0 radical (unpaired) electrons. The molecule has 1 N–H and O–H groups in total. The minimum atomic E-state index is -0.507. The predicted molar refractivity (Wildman–Crippen MR) is 103 cm³/mol. The number of nitrogens with zero attached hydrogens (tertiary/aromatic N) is 1. The molecule has 0 aliphatic carbocycles. The minimum Gasteiger partial charge on any atom is -0.347 e. The molecule has 0 atom stereocenters. The van der Waals surface area contributed by atoms with Crippen LogP contribution in [0.1, 0.15) is 36.0 Å². The monoisotopic (exact) mass is 380 g/mol. The number of nitro groups is 1. The Morgan fingerprint density at radius 1 is 1.04 bits per heavy atom. The van der Waals surface area contributed by atoms with E-state index in [1.165, 1.54) is 23.5 Å². The van der Waals surface area contributed by atoms with Gasteiger partial charge in [-0.05, 0) is 25.1 Å². The quantitative estimate of drug-likeness (QED) is 0.396. The molecule has 0 saturated heterocycles. The average Bonchev–Trinajstić information content (AvgIpc) is 3.15. The second-order valence-corrected chi connectivity index (χ2v) is 7.02. The van der Waals surface area contributed by atoms with Crippen LogP contribution in [-0.4, -0.2) is 16.6 Å². The molecule has 0 aliphatic heterocycles. The van der Waals surface area contributed by atoms with Gasteiger partial charge in [-0.3, -0.25) is 19.7 Å². The van der Waals surface area contributed by atoms with Gasteiger partial charge in [0, 0.05) is 27.6 Å². The van der Waals surface area contributed by atoms with Gasteiger partial charge in [0.05, 0.1) is 16.3 Å². The lowest BCUT2D eigenvalue weighted by molar-refractivity contribution is -0.385. The summed E-state index contributed by atoms with van der Waals surface area (Å²) in [5.41, 5.74) is 1.11. The van der Waals surface area contributed by atoms with Crippen molar-refractivity contribution in [2.24, 2.45) is 0 Å². The third kappa shape index (κ3) is 4.09. The van der Waals surface area contributed by atoms with Crippen molar-refractivity contribution in [2.45, 2.75) is 13.5 Å². The molecular formula is C20H16N2O4S. The van der Waals surface area contributed by atoms with Crippen LogP contribution in [-0.2, 0) is 6.54 Å². The smallest absolute Gasteiger partial charge is 0.273 e. The van der Waals surface area contributed by atoms with Gasteiger partial charge >= 0.3 is 0 Å². The van der Waals surface area contributed by atoms with Crippen LogP contribution in [0.4, 0.5) is 5.69 Å². The van der Waals surface area contributed by atoms with E-state index in [9.17, 15) is 19.7 Å². The van der Waals surface area contributed by atoms with Crippen molar-refractivity contribution < 1.29 is 14.5 Å². The molecule has 0 fully saturated rings. The number of nitrogens with one attached hydrogen (secondary N) is 1. The molecule has 7 heteroatoms. The maximum atomic E-state index is 12.4. The highest BCUT2D eigenvalue weighted by Crippen LogP contribution is 2.22. The van der Waals surface area contributed by atoms with Gasteiger partial charge in [-0.2, -0.15) is 0 Å². The first-order valence-corrected chi connectivity index (χ1v) is 8.99. The summed E-state index contributed by atoms with van der Waals surface area (Å²) in [5.74, 6) is -0.451. The van der Waals surface area contributed by atoms with Gasteiger partial charge < -0.3 is 5.32 Å². The summed E-state index contributed by atoms with van der Waals surface area (Å²) in [4.78, 5) is 36.7. The fourth-order valence-electron chi connectivity index (χ4n) is 2.66. The summed E-state index contributed by atoms with van der Waals surface area (Å²) in [6.45, 7) is 1.79. The zero-order valence-corrected chi connectivity index (χ0v) is 15.3. The largest absolute Gasteiger partial charge is 0.347 e. The molecule has 27 heavy (non-hydrogen) atoms. The third-order valence-corrected chi connectivity index (χ3v) is 5.18. The number of ketones is 1. The Morgan fingerprint density at radius 2 is 1.78 bits per heavy atom. The first-order chi connectivity index (χ1) is 13.0. The molecule has 136 valence electrons. The van der Waals surface area contributed by atoms with Crippen LogP contribution in [0.3, 0.4) is 0 Å². The number of thiophene rings is 1. The number of rotatable bonds is 6. The topological polar surface area (TPSA) is 89.3 Å². The summed E-state index contributed by atoms with van der Waals surface area (Å²) < 4.78 is 0. The summed E-state index contributed by atoms with van der Waals surface area (Å²) in [7, 11) is 0. The van der Waals surface area contributed by atoms with Crippen molar-refractivity contribution in [3.05, 3.63) is 97.2 Å². The van der Waals surface area contributed by atoms with E-state index >= 15 is 0 Å². The Hall–Kier alpha value is -3.32. The van der Waals surface area contributed by atoms with Gasteiger partial charge in [-0.25, -0.2) is 0 Å². The minimum absolute atomic E-state index is 0.0623. The maximum absolute atomic E-state index is 12.4. The van der Waals surface area contributed by atoms with Crippen molar-refractivity contribution >= 4 is 28.7 Å². The Balaban J connectivity index is 1.69. The number of carbonyl (C=O) groups excluding carboxylic acids is 2. The van der Waals surface area contributed by atoms with E-state index in [0.717, 1.165) is 4.88 Å². The van der Waals surface area contributed by atoms with Crippen LogP contribution in [0.15, 0.2) is 60.7 Å². The predicted octanol–water partition coefficient (Wildman–Crippen LogP) is 4.13. The van der Waals surface area contributed by atoms with E-state index < -0.39 is 4.92 Å². The van der Waals surface area contributed by atoms with Gasteiger partial charge in [0.2, 0.25) is 5.78 Å². The number of hydrogen-bond acceptors (Lipinski definition) is 5. The van der Waals surface area contributed by atoms with E-state index in [4.69, 9.17) is 0 Å². The molecular weight excluding hydrogens is 364 g/mol. The molecule has 3 aromatic rings. The second-order valence-electron chi connectivity index (χ2n) is 5.85. The van der Waals surface area contributed by atoms with E-state index in [0.29, 0.717) is 16.0 Å². The number of benzene rings is 2. The van der Waals surface area contributed by atoms with Gasteiger partial charge in [-0.1, -0.05) is 36.4 Å². The van der Waals surface area contributed by atoms with Crippen molar-refractivity contribution in [3.63, 3.8) is 0 Å². The van der Waals surface area contributed by atoms with E-state index in [2.05, 4.69) is 5.32 Å². The lowest BCUT2D eigenvalue weighted by Gasteiger charge is -2.07. The molecule has 0 spiro atoms.